The molecule has 1 aliphatic rings. The molecule has 1 saturated carbocycles. The number of hydrogen-bond acceptors (Lipinski definition) is 4. The lowest BCUT2D eigenvalue weighted by molar-refractivity contribution is -0.141. The number of carboxylic acid groups (broad SMARTS) is 1. The maximum atomic E-state index is 13.7. The van der Waals surface area contributed by atoms with Crippen LogP contribution in [0.1, 0.15) is 31.6 Å². The van der Waals surface area contributed by atoms with Gasteiger partial charge >= 0.3 is 5.97 Å². The van der Waals surface area contributed by atoms with Crippen molar-refractivity contribution in [1.29, 1.82) is 0 Å². The first-order valence-corrected chi connectivity index (χ1v) is 8.34. The van der Waals surface area contributed by atoms with Gasteiger partial charge in [-0.2, -0.15) is 0 Å². The number of amides is 1. The zero-order valence-electron chi connectivity index (χ0n) is 13.9. The molecule has 2 atom stereocenters. The fourth-order valence-electron chi connectivity index (χ4n) is 3.10. The lowest BCUT2D eigenvalue weighted by Gasteiger charge is -2.11. The number of hydrogen-bond donors (Lipinski definition) is 2. The highest BCUT2D eigenvalue weighted by molar-refractivity contribution is 5.77. The molecule has 6 nitrogen and oxygen atoms in total. The number of oxazole rings is 1. The number of aliphatic carboxylic acids is 1. The maximum absolute atomic E-state index is 13.7. The van der Waals surface area contributed by atoms with Crippen LogP contribution in [0.25, 0.3) is 11.3 Å². The maximum Gasteiger partial charge on any atom is 0.306 e. The Morgan fingerprint density at radius 1 is 1.31 bits per heavy atom. The summed E-state index contributed by atoms with van der Waals surface area (Å²) in [7, 11) is 0. The quantitative estimate of drug-likeness (QED) is 0.822. The summed E-state index contributed by atoms with van der Waals surface area (Å²) in [5, 5.41) is 11.8. The second-order valence-corrected chi connectivity index (χ2v) is 6.36. The minimum Gasteiger partial charge on any atom is -0.481 e. The molecule has 1 aromatic heterocycles. The third kappa shape index (κ3) is 4.25. The highest BCUT2D eigenvalue weighted by atomic mass is 19.1. The molecular weight excluding hydrogens is 346 g/mol. The van der Waals surface area contributed by atoms with Crippen LogP contribution in [0.5, 0.6) is 0 Å². The van der Waals surface area contributed by atoms with Gasteiger partial charge in [0.05, 0.1) is 17.7 Å². The molecule has 0 radical (unpaired) electrons. The largest absolute Gasteiger partial charge is 0.481 e. The molecular formula is C18H18F2N2O4. The zero-order valence-corrected chi connectivity index (χ0v) is 13.9. The second-order valence-electron chi connectivity index (χ2n) is 6.36. The predicted molar refractivity (Wildman–Crippen MR) is 87.1 cm³/mol. The Balaban J connectivity index is 1.52. The van der Waals surface area contributed by atoms with E-state index in [1.807, 2.05) is 0 Å². The summed E-state index contributed by atoms with van der Waals surface area (Å²) in [5.74, 6) is -2.44. The van der Waals surface area contributed by atoms with Crippen LogP contribution < -0.4 is 5.32 Å². The highest BCUT2D eigenvalue weighted by Crippen LogP contribution is 2.26. The number of carboxylic acids is 1. The van der Waals surface area contributed by atoms with Gasteiger partial charge in [0, 0.05) is 24.9 Å². The number of carbonyl (C=O) groups excluding carboxylic acids is 1. The van der Waals surface area contributed by atoms with E-state index in [2.05, 4.69) is 10.3 Å². The molecule has 1 heterocycles. The van der Waals surface area contributed by atoms with Crippen LogP contribution in [0.15, 0.2) is 28.8 Å². The molecule has 0 aliphatic heterocycles. The van der Waals surface area contributed by atoms with Crippen molar-refractivity contribution >= 4 is 11.9 Å². The smallest absolute Gasteiger partial charge is 0.306 e. The van der Waals surface area contributed by atoms with Gasteiger partial charge < -0.3 is 14.8 Å². The van der Waals surface area contributed by atoms with Gasteiger partial charge in [-0.25, -0.2) is 13.8 Å². The Bertz CT molecular complexity index is 821. The minimum atomic E-state index is -0.831. The first kappa shape index (κ1) is 18.0. The number of aromatic nitrogens is 1. The van der Waals surface area contributed by atoms with Gasteiger partial charge in [0.15, 0.2) is 11.7 Å². The van der Waals surface area contributed by atoms with Crippen LogP contribution in [0, 0.1) is 17.6 Å². The SMILES string of the molecule is O=C(CCc1ncc(-c2ccc(F)cc2F)o1)N[C@@H]1CC[C@H](C(=O)O)C1. The summed E-state index contributed by atoms with van der Waals surface area (Å²) in [6.07, 6.45) is 3.33. The molecule has 26 heavy (non-hydrogen) atoms. The van der Waals surface area contributed by atoms with Crippen LogP contribution in [0.2, 0.25) is 0 Å². The Labute approximate surface area is 148 Å². The van der Waals surface area contributed by atoms with Gasteiger partial charge in [-0.1, -0.05) is 0 Å². The molecule has 1 amide bonds. The first-order chi connectivity index (χ1) is 12.4. The molecule has 3 rings (SSSR count). The minimum absolute atomic E-state index is 0.0975. The van der Waals surface area contributed by atoms with Crippen LogP contribution in [0.4, 0.5) is 8.78 Å². The Kier molecular flexibility index (Phi) is 5.29. The second kappa shape index (κ2) is 7.63. The fraction of sp³-hybridized carbons (Fsp3) is 0.389. The third-order valence-corrected chi connectivity index (χ3v) is 4.46. The van der Waals surface area contributed by atoms with Crippen molar-refractivity contribution in [3.63, 3.8) is 0 Å². The van der Waals surface area contributed by atoms with E-state index in [0.29, 0.717) is 19.3 Å². The third-order valence-electron chi connectivity index (χ3n) is 4.46. The van der Waals surface area contributed by atoms with E-state index < -0.39 is 23.5 Å². The Morgan fingerprint density at radius 2 is 2.12 bits per heavy atom. The van der Waals surface area contributed by atoms with Gasteiger partial charge in [0.2, 0.25) is 5.91 Å². The molecule has 2 N–H and O–H groups in total. The predicted octanol–water partition coefficient (Wildman–Crippen LogP) is 2.92. The molecule has 0 unspecified atom stereocenters. The standard InChI is InChI=1S/C18H18F2N2O4/c19-11-2-4-13(14(20)8-11)15-9-21-17(26-15)6-5-16(23)22-12-3-1-10(7-12)18(24)25/h2,4,8-10,12H,1,3,5-7H2,(H,22,23)(H,24,25)/t10-,12+/m0/s1. The Hall–Kier alpha value is -2.77. The molecule has 138 valence electrons. The molecule has 1 fully saturated rings. The summed E-state index contributed by atoms with van der Waals surface area (Å²) >= 11 is 0. The molecule has 1 aliphatic carbocycles. The molecule has 1 aromatic carbocycles. The zero-order chi connectivity index (χ0) is 18.7. The van der Waals surface area contributed by atoms with Crippen molar-refractivity contribution < 1.29 is 27.9 Å². The van der Waals surface area contributed by atoms with Gasteiger partial charge in [-0.05, 0) is 31.4 Å². The van der Waals surface area contributed by atoms with E-state index >= 15 is 0 Å². The topological polar surface area (TPSA) is 92.4 Å². The van der Waals surface area contributed by atoms with Gasteiger partial charge in [0.25, 0.3) is 0 Å². The van der Waals surface area contributed by atoms with Crippen LogP contribution in [0.3, 0.4) is 0 Å². The molecule has 8 heteroatoms. The summed E-state index contributed by atoms with van der Waals surface area (Å²) in [5.41, 5.74) is 0.0975. The normalized spacial score (nSPS) is 19.5. The fourth-order valence-corrected chi connectivity index (χ4v) is 3.10. The number of nitrogens with one attached hydrogen (secondary N) is 1. The van der Waals surface area contributed by atoms with E-state index in [0.717, 1.165) is 12.1 Å². The number of rotatable bonds is 6. The average molecular weight is 364 g/mol. The summed E-state index contributed by atoms with van der Waals surface area (Å²) < 4.78 is 32.1. The van der Waals surface area contributed by atoms with Gasteiger partial charge in [0.1, 0.15) is 11.6 Å². The summed E-state index contributed by atoms with van der Waals surface area (Å²) in [6, 6.07) is 3.02. The van der Waals surface area contributed by atoms with Crippen molar-refractivity contribution in [2.45, 2.75) is 38.1 Å². The van der Waals surface area contributed by atoms with Crippen molar-refractivity contribution in [1.82, 2.24) is 10.3 Å². The number of benzene rings is 1. The molecule has 0 spiro atoms. The average Bonchev–Trinajstić information content (AvgIpc) is 3.22. The Morgan fingerprint density at radius 3 is 2.81 bits per heavy atom. The van der Waals surface area contributed by atoms with Crippen molar-refractivity contribution in [2.75, 3.05) is 0 Å². The van der Waals surface area contributed by atoms with Gasteiger partial charge in [-0.3, -0.25) is 9.59 Å². The lowest BCUT2D eigenvalue weighted by Crippen LogP contribution is -2.33. The van der Waals surface area contributed by atoms with Crippen LogP contribution >= 0.6 is 0 Å². The van der Waals surface area contributed by atoms with Gasteiger partial charge in [-0.15, -0.1) is 0 Å². The molecule has 0 saturated heterocycles. The van der Waals surface area contributed by atoms with Crippen molar-refractivity contribution in [2.24, 2.45) is 5.92 Å². The monoisotopic (exact) mass is 364 g/mol. The summed E-state index contributed by atoms with van der Waals surface area (Å²) in [6.45, 7) is 0. The highest BCUT2D eigenvalue weighted by Gasteiger charge is 2.30. The lowest BCUT2D eigenvalue weighted by atomic mass is 10.1. The van der Waals surface area contributed by atoms with E-state index in [-0.39, 0.29) is 42.0 Å². The summed E-state index contributed by atoms with van der Waals surface area (Å²) in [4.78, 5) is 26.9. The van der Waals surface area contributed by atoms with E-state index in [9.17, 15) is 18.4 Å². The van der Waals surface area contributed by atoms with E-state index in [1.54, 1.807) is 0 Å². The van der Waals surface area contributed by atoms with Crippen molar-refractivity contribution in [3.8, 4) is 11.3 Å². The molecule has 2 aromatic rings. The van der Waals surface area contributed by atoms with Crippen LogP contribution in [-0.2, 0) is 16.0 Å². The van der Waals surface area contributed by atoms with E-state index in [4.69, 9.17) is 9.52 Å². The molecule has 0 bridgehead atoms. The number of carbonyl (C=O) groups is 2. The number of nitrogens with zero attached hydrogens (tertiary/aromatic N) is 1. The van der Waals surface area contributed by atoms with Crippen LogP contribution in [-0.4, -0.2) is 28.0 Å². The first-order valence-electron chi connectivity index (χ1n) is 8.34. The number of halogens is 2. The van der Waals surface area contributed by atoms with Crippen molar-refractivity contribution in [3.05, 3.63) is 41.9 Å². The number of aryl methyl sites for hydroxylation is 1. The van der Waals surface area contributed by atoms with E-state index in [1.165, 1.54) is 12.3 Å².